The Labute approximate surface area is 224 Å². The van der Waals surface area contributed by atoms with Crippen LogP contribution >= 0.6 is 0 Å². The van der Waals surface area contributed by atoms with Crippen LogP contribution in [0.2, 0.25) is 0 Å². The van der Waals surface area contributed by atoms with Crippen LogP contribution in [-0.2, 0) is 29.1 Å². The first-order valence-electron chi connectivity index (χ1n) is 12.9. The summed E-state index contributed by atoms with van der Waals surface area (Å²) < 4.78 is 16.6. The van der Waals surface area contributed by atoms with Gasteiger partial charge in [-0.1, -0.05) is 68.4 Å². The number of benzene rings is 3. The van der Waals surface area contributed by atoms with Crippen molar-refractivity contribution in [2.24, 2.45) is 0 Å². The minimum absolute atomic E-state index is 0.0811. The van der Waals surface area contributed by atoms with Crippen molar-refractivity contribution in [1.82, 2.24) is 4.90 Å². The molecule has 4 rings (SSSR count). The highest BCUT2D eigenvalue weighted by Gasteiger charge is 2.15. The Morgan fingerprint density at radius 3 is 2.32 bits per heavy atom. The highest BCUT2D eigenvalue weighted by molar-refractivity contribution is 5.94. The Kier molecular flexibility index (Phi) is 10.7. The molecule has 0 saturated heterocycles. The third-order valence-electron chi connectivity index (χ3n) is 5.70. The van der Waals surface area contributed by atoms with Gasteiger partial charge in [0.25, 0.3) is 5.91 Å². The zero-order chi connectivity index (χ0) is 27.3. The highest BCUT2D eigenvalue weighted by atomic mass is 16.5. The zero-order valence-electron chi connectivity index (χ0n) is 22.5. The van der Waals surface area contributed by atoms with Crippen LogP contribution in [0.3, 0.4) is 0 Å². The van der Waals surface area contributed by atoms with E-state index in [-0.39, 0.29) is 18.3 Å². The summed E-state index contributed by atoms with van der Waals surface area (Å²) in [5.74, 6) is 1.15. The van der Waals surface area contributed by atoms with Crippen LogP contribution in [0.4, 0.5) is 0 Å². The van der Waals surface area contributed by atoms with Gasteiger partial charge in [-0.25, -0.2) is 0 Å². The summed E-state index contributed by atoms with van der Waals surface area (Å²) in [7, 11) is 1.78. The van der Waals surface area contributed by atoms with Crippen molar-refractivity contribution in [3.63, 3.8) is 0 Å². The minimum atomic E-state index is -0.246. The second-order valence-electron chi connectivity index (χ2n) is 8.41. The number of rotatable bonds is 10. The molecule has 38 heavy (non-hydrogen) atoms. The molecule has 0 saturated carbocycles. The van der Waals surface area contributed by atoms with Crippen molar-refractivity contribution < 1.29 is 23.5 Å². The van der Waals surface area contributed by atoms with Gasteiger partial charge in [-0.2, -0.15) is 0 Å². The Morgan fingerprint density at radius 1 is 0.868 bits per heavy atom. The van der Waals surface area contributed by atoms with Gasteiger partial charge in [0, 0.05) is 30.3 Å². The summed E-state index contributed by atoms with van der Waals surface area (Å²) >= 11 is 0. The van der Waals surface area contributed by atoms with Crippen LogP contribution in [0.25, 0.3) is 11.3 Å². The van der Waals surface area contributed by atoms with E-state index in [1.165, 1.54) is 0 Å². The van der Waals surface area contributed by atoms with E-state index in [4.69, 9.17) is 13.9 Å². The van der Waals surface area contributed by atoms with E-state index in [1.807, 2.05) is 98.8 Å². The molecule has 6 nitrogen and oxygen atoms in total. The Hall–Kier alpha value is -4.32. The minimum Gasteiger partial charge on any atom is -0.489 e. The average Bonchev–Trinajstić information content (AvgIpc) is 3.49. The predicted molar refractivity (Wildman–Crippen MR) is 149 cm³/mol. The normalized spacial score (nSPS) is 10.2. The molecule has 0 aliphatic carbocycles. The molecule has 0 fully saturated rings. The Balaban J connectivity index is 0.00000195. The number of hydrogen-bond acceptors (Lipinski definition) is 5. The van der Waals surface area contributed by atoms with E-state index in [1.54, 1.807) is 25.1 Å². The molecular weight excluding hydrogens is 478 g/mol. The summed E-state index contributed by atoms with van der Waals surface area (Å²) in [5.41, 5.74) is 4.26. The number of nitrogens with zero attached hydrogens (tertiary/aromatic N) is 1. The predicted octanol–water partition coefficient (Wildman–Crippen LogP) is 6.93. The Bertz CT molecular complexity index is 1300. The third kappa shape index (κ3) is 7.84. The first-order valence-corrected chi connectivity index (χ1v) is 12.9. The van der Waals surface area contributed by atoms with Gasteiger partial charge in [-0.05, 0) is 48.4 Å². The van der Waals surface area contributed by atoms with E-state index < -0.39 is 0 Å². The number of esters is 1. The molecule has 0 unspecified atom stereocenters. The first kappa shape index (κ1) is 28.3. The van der Waals surface area contributed by atoms with Crippen molar-refractivity contribution in [2.75, 3.05) is 13.7 Å². The lowest BCUT2D eigenvalue weighted by Gasteiger charge is -2.20. The Morgan fingerprint density at radius 2 is 1.61 bits per heavy atom. The summed E-state index contributed by atoms with van der Waals surface area (Å²) in [6, 6.07) is 26.5. The molecule has 198 valence electrons. The van der Waals surface area contributed by atoms with Crippen LogP contribution in [0, 0.1) is 0 Å². The number of hydrogen-bond donors (Lipinski definition) is 0. The average molecular weight is 514 g/mol. The molecular formula is C32H35NO5. The molecule has 0 aliphatic rings. The first-order chi connectivity index (χ1) is 18.5. The molecule has 0 atom stereocenters. The van der Waals surface area contributed by atoms with Crippen molar-refractivity contribution in [3.05, 3.63) is 113 Å². The molecule has 6 heteroatoms. The van der Waals surface area contributed by atoms with Crippen molar-refractivity contribution in [1.29, 1.82) is 0 Å². The lowest BCUT2D eigenvalue weighted by molar-refractivity contribution is -0.142. The van der Waals surface area contributed by atoms with Crippen LogP contribution < -0.4 is 4.74 Å². The maximum atomic E-state index is 13.0. The van der Waals surface area contributed by atoms with Crippen LogP contribution in [0.5, 0.6) is 5.75 Å². The molecule has 0 radical (unpaired) electrons. The van der Waals surface area contributed by atoms with Crippen molar-refractivity contribution >= 4 is 11.9 Å². The van der Waals surface area contributed by atoms with Gasteiger partial charge < -0.3 is 18.8 Å². The number of ether oxygens (including phenoxy) is 2. The van der Waals surface area contributed by atoms with Gasteiger partial charge in [-0.3, -0.25) is 9.59 Å². The second-order valence-corrected chi connectivity index (χ2v) is 8.41. The molecule has 4 aromatic rings. The third-order valence-corrected chi connectivity index (χ3v) is 5.70. The zero-order valence-corrected chi connectivity index (χ0v) is 22.5. The van der Waals surface area contributed by atoms with E-state index in [0.717, 1.165) is 28.0 Å². The van der Waals surface area contributed by atoms with Crippen LogP contribution in [-0.4, -0.2) is 30.4 Å². The van der Waals surface area contributed by atoms with E-state index in [9.17, 15) is 9.59 Å². The smallest absolute Gasteiger partial charge is 0.310 e. The number of carbonyl (C=O) groups is 2. The summed E-state index contributed by atoms with van der Waals surface area (Å²) in [6.07, 6.45) is 1.86. The SMILES string of the molecule is CC.CCOC(=O)Cc1cccc(COc2ccccc2CN(C)C(=O)c2ccc(-c3ccco3)cc2)c1. The summed E-state index contributed by atoms with van der Waals surface area (Å²) in [6.45, 7) is 6.91. The summed E-state index contributed by atoms with van der Waals surface area (Å²) in [4.78, 5) is 26.5. The fraction of sp³-hybridized carbons (Fsp3) is 0.250. The maximum Gasteiger partial charge on any atom is 0.310 e. The summed E-state index contributed by atoms with van der Waals surface area (Å²) in [5, 5.41) is 0. The van der Waals surface area contributed by atoms with Crippen LogP contribution in [0.1, 0.15) is 47.8 Å². The van der Waals surface area contributed by atoms with Crippen LogP contribution in [0.15, 0.2) is 95.6 Å². The molecule has 0 N–H and O–H groups in total. The largest absolute Gasteiger partial charge is 0.489 e. The second kappa shape index (κ2) is 14.4. The lowest BCUT2D eigenvalue weighted by Crippen LogP contribution is -2.26. The van der Waals surface area contributed by atoms with E-state index >= 15 is 0 Å². The van der Waals surface area contributed by atoms with Crippen molar-refractivity contribution in [3.8, 4) is 17.1 Å². The van der Waals surface area contributed by atoms with E-state index in [0.29, 0.717) is 31.1 Å². The van der Waals surface area contributed by atoms with Gasteiger partial charge in [-0.15, -0.1) is 0 Å². The molecule has 0 bridgehead atoms. The van der Waals surface area contributed by atoms with Gasteiger partial charge in [0.05, 0.1) is 19.3 Å². The molecule has 0 aliphatic heterocycles. The molecule has 1 aromatic heterocycles. The topological polar surface area (TPSA) is 69.0 Å². The maximum absolute atomic E-state index is 13.0. The van der Waals surface area contributed by atoms with Gasteiger partial charge in [0.1, 0.15) is 18.1 Å². The molecule has 0 spiro atoms. The number of para-hydroxylation sites is 1. The monoisotopic (exact) mass is 513 g/mol. The van der Waals surface area contributed by atoms with Crippen molar-refractivity contribution in [2.45, 2.75) is 40.3 Å². The quantitative estimate of drug-likeness (QED) is 0.215. The fourth-order valence-corrected chi connectivity index (χ4v) is 3.91. The number of amides is 1. The molecule has 1 heterocycles. The molecule has 3 aromatic carbocycles. The van der Waals surface area contributed by atoms with Gasteiger partial charge in [0.15, 0.2) is 0 Å². The number of furan rings is 1. The number of carbonyl (C=O) groups excluding carboxylic acids is 2. The standard InChI is InChI=1S/C30H29NO5.C2H6/c1-3-34-29(32)19-22-8-6-9-23(18-22)21-36-28-11-5-4-10-26(28)20-31(2)30(33)25-15-13-24(14-16-25)27-12-7-17-35-27;1-2/h4-18H,3,19-21H2,1-2H3;1-2H3. The highest BCUT2D eigenvalue weighted by Crippen LogP contribution is 2.23. The van der Waals surface area contributed by atoms with E-state index in [2.05, 4.69) is 0 Å². The van der Waals surface area contributed by atoms with Gasteiger partial charge >= 0.3 is 5.97 Å². The molecule has 1 amide bonds. The van der Waals surface area contributed by atoms with Gasteiger partial charge in [0.2, 0.25) is 0 Å². The fourth-order valence-electron chi connectivity index (χ4n) is 3.91. The lowest BCUT2D eigenvalue weighted by atomic mass is 10.1.